The largest absolute Gasteiger partial charge is 0.475 e. The van der Waals surface area contributed by atoms with Gasteiger partial charge in [-0.1, -0.05) is 0 Å². The minimum Gasteiger partial charge on any atom is -0.475 e. The van der Waals surface area contributed by atoms with E-state index in [4.69, 9.17) is 9.47 Å². The van der Waals surface area contributed by atoms with E-state index < -0.39 is 58.1 Å². The maximum Gasteiger partial charge on any atom is 0.431 e. The quantitative estimate of drug-likeness (QED) is 0.497. The second-order valence-electron chi connectivity index (χ2n) is 7.78. The number of methoxy groups -OCH3 is 1. The van der Waals surface area contributed by atoms with Crippen molar-refractivity contribution in [3.05, 3.63) is 50.5 Å². The van der Waals surface area contributed by atoms with Crippen LogP contribution in [0.5, 0.6) is 5.75 Å². The van der Waals surface area contributed by atoms with Crippen LogP contribution < -0.4 is 20.9 Å². The van der Waals surface area contributed by atoms with Gasteiger partial charge >= 0.3 is 17.8 Å². The molecular formula is C20H17F4N3O6. The van der Waals surface area contributed by atoms with E-state index >= 15 is 4.39 Å². The monoisotopic (exact) mass is 471 g/mol. The van der Waals surface area contributed by atoms with Crippen molar-refractivity contribution in [3.8, 4) is 11.4 Å². The lowest BCUT2D eigenvalue weighted by molar-refractivity contribution is -0.144. The van der Waals surface area contributed by atoms with Crippen molar-refractivity contribution in [2.24, 2.45) is 7.05 Å². The first kappa shape index (κ1) is 22.6. The Hall–Kier alpha value is -3.64. The highest BCUT2D eigenvalue weighted by atomic mass is 19.4. The Labute approximate surface area is 182 Å². The third-order valence-corrected chi connectivity index (χ3v) is 5.69. The van der Waals surface area contributed by atoms with Gasteiger partial charge in [0, 0.05) is 32.0 Å². The SMILES string of the molecule is COC(=O)[C@H](C)N1C(=O)C2(CC2)Oc2cc(F)c(-n3c(=O)cc(C(F)(F)F)n(C)c3=O)cc21. The average Bonchev–Trinajstić information content (AvgIpc) is 3.51. The van der Waals surface area contributed by atoms with Crippen LogP contribution >= 0.6 is 0 Å². The van der Waals surface area contributed by atoms with Crippen LogP contribution in [0.2, 0.25) is 0 Å². The fourth-order valence-corrected chi connectivity index (χ4v) is 3.77. The van der Waals surface area contributed by atoms with Crippen LogP contribution in [-0.2, 0) is 27.5 Å². The van der Waals surface area contributed by atoms with E-state index in [9.17, 15) is 32.3 Å². The lowest BCUT2D eigenvalue weighted by Crippen LogP contribution is -2.54. The molecule has 0 saturated heterocycles. The molecule has 2 aromatic rings. The van der Waals surface area contributed by atoms with Gasteiger partial charge in [0.25, 0.3) is 11.5 Å². The predicted octanol–water partition coefficient (Wildman–Crippen LogP) is 1.51. The van der Waals surface area contributed by atoms with Gasteiger partial charge < -0.3 is 9.47 Å². The second-order valence-corrected chi connectivity index (χ2v) is 7.78. The van der Waals surface area contributed by atoms with Gasteiger partial charge in [-0.2, -0.15) is 13.2 Å². The molecule has 1 saturated carbocycles. The van der Waals surface area contributed by atoms with Crippen LogP contribution in [0.4, 0.5) is 23.2 Å². The Morgan fingerprint density at radius 2 is 1.79 bits per heavy atom. The molecule has 4 rings (SSSR count). The molecule has 1 spiro atoms. The summed E-state index contributed by atoms with van der Waals surface area (Å²) in [5.74, 6) is -2.66. The van der Waals surface area contributed by atoms with Gasteiger partial charge in [0.05, 0.1) is 18.5 Å². The summed E-state index contributed by atoms with van der Waals surface area (Å²) in [4.78, 5) is 51.2. The fraction of sp³-hybridized carbons (Fsp3) is 0.400. The number of fused-ring (bicyclic) bond motifs is 1. The van der Waals surface area contributed by atoms with E-state index in [2.05, 4.69) is 0 Å². The Balaban J connectivity index is 1.95. The molecule has 2 heterocycles. The number of carbonyl (C=O) groups is 2. The number of alkyl halides is 3. The van der Waals surface area contributed by atoms with E-state index in [0.717, 1.165) is 31.2 Å². The van der Waals surface area contributed by atoms with Gasteiger partial charge in [-0.25, -0.2) is 18.5 Å². The maximum absolute atomic E-state index is 15.0. The maximum atomic E-state index is 15.0. The lowest BCUT2D eigenvalue weighted by Gasteiger charge is -2.37. The highest BCUT2D eigenvalue weighted by Gasteiger charge is 2.59. The molecule has 2 aliphatic rings. The van der Waals surface area contributed by atoms with E-state index in [-0.39, 0.29) is 26.6 Å². The molecule has 0 N–H and O–H groups in total. The van der Waals surface area contributed by atoms with Crippen LogP contribution in [0.1, 0.15) is 25.5 Å². The Bertz CT molecular complexity index is 1310. The molecule has 13 heteroatoms. The second kappa shape index (κ2) is 7.18. The number of rotatable bonds is 3. The standard InChI is InChI=1S/C20H17F4N3O6/c1-9(16(29)32-3)26-12-7-11(10(21)6-13(12)33-19(4-5-19)17(26)30)27-15(28)8-14(20(22,23)24)25(2)18(27)31/h6-9H,4-5H2,1-3H3/t9-/m0/s1. The van der Waals surface area contributed by atoms with Gasteiger partial charge in [-0.3, -0.25) is 19.1 Å². The molecule has 1 aliphatic heterocycles. The molecule has 0 bridgehead atoms. The average molecular weight is 471 g/mol. The molecule has 1 aromatic carbocycles. The number of esters is 1. The van der Waals surface area contributed by atoms with Crippen molar-refractivity contribution in [2.45, 2.75) is 37.6 Å². The lowest BCUT2D eigenvalue weighted by atomic mass is 10.1. The van der Waals surface area contributed by atoms with Crippen molar-refractivity contribution in [1.29, 1.82) is 0 Å². The molecule has 33 heavy (non-hydrogen) atoms. The first-order valence-corrected chi connectivity index (χ1v) is 9.67. The minimum absolute atomic E-state index is 0.124. The molecule has 9 nitrogen and oxygen atoms in total. The van der Waals surface area contributed by atoms with Crippen molar-refractivity contribution < 1.29 is 36.6 Å². The summed E-state index contributed by atoms with van der Waals surface area (Å²) in [7, 11) is 1.89. The minimum atomic E-state index is -4.99. The smallest absolute Gasteiger partial charge is 0.431 e. The van der Waals surface area contributed by atoms with Crippen LogP contribution in [0.3, 0.4) is 0 Å². The number of anilines is 1. The summed E-state index contributed by atoms with van der Waals surface area (Å²) < 4.78 is 65.1. The van der Waals surface area contributed by atoms with E-state index in [1.54, 1.807) is 0 Å². The normalized spacial score (nSPS) is 17.4. The summed E-state index contributed by atoms with van der Waals surface area (Å²) in [5.41, 5.74) is -6.51. The molecule has 0 unspecified atom stereocenters. The highest BCUT2D eigenvalue weighted by Crippen LogP contribution is 2.50. The topological polar surface area (TPSA) is 99.8 Å². The number of hydrogen-bond donors (Lipinski definition) is 0. The van der Waals surface area contributed by atoms with E-state index in [1.807, 2.05) is 0 Å². The van der Waals surface area contributed by atoms with Crippen LogP contribution in [-0.4, -0.2) is 39.8 Å². The number of benzene rings is 1. The number of nitrogens with zero attached hydrogens (tertiary/aromatic N) is 3. The molecule has 0 radical (unpaired) electrons. The van der Waals surface area contributed by atoms with Gasteiger partial charge in [-0.05, 0) is 13.0 Å². The number of ether oxygens (including phenoxy) is 2. The number of aromatic nitrogens is 2. The number of amides is 1. The Morgan fingerprint density at radius 1 is 1.15 bits per heavy atom. The third kappa shape index (κ3) is 3.38. The summed E-state index contributed by atoms with van der Waals surface area (Å²) in [6, 6.07) is 0.717. The van der Waals surface area contributed by atoms with Crippen molar-refractivity contribution in [1.82, 2.24) is 9.13 Å². The van der Waals surface area contributed by atoms with Gasteiger partial charge in [-0.15, -0.1) is 0 Å². The zero-order valence-corrected chi connectivity index (χ0v) is 17.5. The predicted molar refractivity (Wildman–Crippen MR) is 104 cm³/mol. The van der Waals surface area contributed by atoms with Crippen molar-refractivity contribution in [3.63, 3.8) is 0 Å². The first-order valence-electron chi connectivity index (χ1n) is 9.67. The zero-order valence-electron chi connectivity index (χ0n) is 17.5. The molecular weight excluding hydrogens is 454 g/mol. The van der Waals surface area contributed by atoms with Gasteiger partial charge in [0.1, 0.15) is 17.5 Å². The van der Waals surface area contributed by atoms with E-state index in [1.165, 1.54) is 6.92 Å². The van der Waals surface area contributed by atoms with Crippen LogP contribution in [0.25, 0.3) is 5.69 Å². The molecule has 1 aromatic heterocycles. The van der Waals surface area contributed by atoms with E-state index in [0.29, 0.717) is 12.8 Å². The van der Waals surface area contributed by atoms with Gasteiger partial charge in [0.2, 0.25) is 0 Å². The summed E-state index contributed by atoms with van der Waals surface area (Å²) in [5, 5.41) is 0. The number of halogens is 4. The Kier molecular flexibility index (Phi) is 4.91. The van der Waals surface area contributed by atoms with Crippen LogP contribution in [0.15, 0.2) is 27.8 Å². The Morgan fingerprint density at radius 3 is 2.33 bits per heavy atom. The number of hydrogen-bond acceptors (Lipinski definition) is 6. The molecule has 1 aliphatic carbocycles. The van der Waals surface area contributed by atoms with Crippen molar-refractivity contribution >= 4 is 17.6 Å². The number of carbonyl (C=O) groups excluding carboxylic acids is 2. The molecule has 1 fully saturated rings. The fourth-order valence-electron chi connectivity index (χ4n) is 3.77. The molecule has 176 valence electrons. The zero-order chi connectivity index (χ0) is 24.5. The molecule has 1 amide bonds. The van der Waals surface area contributed by atoms with Gasteiger partial charge in [0.15, 0.2) is 11.4 Å². The van der Waals surface area contributed by atoms with Crippen molar-refractivity contribution in [2.75, 3.05) is 12.0 Å². The first-order chi connectivity index (χ1) is 15.3. The summed E-state index contributed by atoms with van der Waals surface area (Å²) in [6.45, 7) is 1.36. The summed E-state index contributed by atoms with van der Waals surface area (Å²) >= 11 is 0. The third-order valence-electron chi connectivity index (χ3n) is 5.69. The van der Waals surface area contributed by atoms with Crippen LogP contribution in [0, 0.1) is 5.82 Å². The highest BCUT2D eigenvalue weighted by molar-refractivity contribution is 6.08. The summed E-state index contributed by atoms with van der Waals surface area (Å²) in [6.07, 6.45) is -4.33. The molecule has 1 atom stereocenters.